The summed E-state index contributed by atoms with van der Waals surface area (Å²) in [6.45, 7) is 4.14. The molecule has 3 unspecified atom stereocenters. The topological polar surface area (TPSA) is 89.8 Å². The smallest absolute Gasteiger partial charge is 0.249 e. The Balaban J connectivity index is 3.76. The number of carbonyl (C=O) groups is 1. The van der Waals surface area contributed by atoms with Gasteiger partial charge < -0.3 is 20.6 Å². The van der Waals surface area contributed by atoms with Gasteiger partial charge in [-0.3, -0.25) is 4.79 Å². The molecule has 0 aliphatic rings. The van der Waals surface area contributed by atoms with Gasteiger partial charge in [-0.05, 0) is 70.6 Å². The van der Waals surface area contributed by atoms with E-state index in [1.165, 1.54) is 128 Å². The Kier molecular flexibility index (Phi) is 37.8. The zero-order chi connectivity index (χ0) is 35.9. The van der Waals surface area contributed by atoms with Crippen molar-refractivity contribution < 1.29 is 20.1 Å². The molecule has 0 fully saturated rings. The van der Waals surface area contributed by atoms with Crippen LogP contribution in [0, 0.1) is 0 Å². The summed E-state index contributed by atoms with van der Waals surface area (Å²) in [6.07, 6.45) is 49.9. The molecule has 4 N–H and O–H groups in total. The van der Waals surface area contributed by atoms with Crippen molar-refractivity contribution in [3.63, 3.8) is 0 Å². The molecule has 0 rings (SSSR count). The van der Waals surface area contributed by atoms with Crippen LogP contribution in [-0.4, -0.2) is 46.1 Å². The third kappa shape index (κ3) is 34.5. The highest BCUT2D eigenvalue weighted by atomic mass is 16.3. The van der Waals surface area contributed by atoms with E-state index in [1.54, 1.807) is 6.08 Å². The summed E-state index contributed by atoms with van der Waals surface area (Å²) in [5, 5.41) is 33.0. The highest BCUT2D eigenvalue weighted by molar-refractivity contribution is 5.80. The van der Waals surface area contributed by atoms with Crippen molar-refractivity contribution in [2.45, 2.75) is 218 Å². The molecule has 0 saturated carbocycles. The number of allylic oxidation sites excluding steroid dienone is 7. The van der Waals surface area contributed by atoms with Gasteiger partial charge in [-0.1, -0.05) is 178 Å². The molecule has 1 amide bonds. The Morgan fingerprint density at radius 1 is 0.490 bits per heavy atom. The van der Waals surface area contributed by atoms with Crippen molar-refractivity contribution in [2.24, 2.45) is 0 Å². The van der Waals surface area contributed by atoms with E-state index < -0.39 is 24.2 Å². The van der Waals surface area contributed by atoms with Crippen LogP contribution in [0.3, 0.4) is 0 Å². The fourth-order valence-electron chi connectivity index (χ4n) is 6.03. The van der Waals surface area contributed by atoms with Crippen molar-refractivity contribution in [1.29, 1.82) is 0 Å². The van der Waals surface area contributed by atoms with Gasteiger partial charge in [0.25, 0.3) is 0 Å². The van der Waals surface area contributed by atoms with Crippen LogP contribution < -0.4 is 5.32 Å². The lowest BCUT2D eigenvalue weighted by molar-refractivity contribution is -0.131. The molecule has 0 aromatic carbocycles. The average Bonchev–Trinajstić information content (AvgIpc) is 3.11. The number of rotatable bonds is 37. The van der Waals surface area contributed by atoms with Gasteiger partial charge in [0.05, 0.1) is 18.8 Å². The molecule has 49 heavy (non-hydrogen) atoms. The molecule has 0 spiro atoms. The third-order valence-electron chi connectivity index (χ3n) is 9.37. The van der Waals surface area contributed by atoms with Crippen LogP contribution in [-0.2, 0) is 4.79 Å². The highest BCUT2D eigenvalue weighted by Gasteiger charge is 2.22. The number of carbonyl (C=O) groups excluding carboxylic acids is 1. The van der Waals surface area contributed by atoms with E-state index in [0.717, 1.165) is 51.4 Å². The second-order valence-corrected chi connectivity index (χ2v) is 14.2. The van der Waals surface area contributed by atoms with Crippen molar-refractivity contribution in [2.75, 3.05) is 6.61 Å². The predicted molar refractivity (Wildman–Crippen MR) is 213 cm³/mol. The summed E-state index contributed by atoms with van der Waals surface area (Å²) in [4.78, 5) is 12.4. The second kappa shape index (κ2) is 39.1. The molecule has 0 aromatic rings. The largest absolute Gasteiger partial charge is 0.394 e. The Hall–Kier alpha value is -1.69. The summed E-state index contributed by atoms with van der Waals surface area (Å²) in [5.41, 5.74) is 0. The molecule has 0 aliphatic carbocycles. The Bertz CT molecular complexity index is 805. The van der Waals surface area contributed by atoms with Crippen molar-refractivity contribution in [1.82, 2.24) is 5.32 Å². The van der Waals surface area contributed by atoms with Crippen LogP contribution in [0.15, 0.2) is 48.6 Å². The zero-order valence-corrected chi connectivity index (χ0v) is 32.3. The fourth-order valence-corrected chi connectivity index (χ4v) is 6.03. The Labute approximate surface area is 304 Å². The van der Waals surface area contributed by atoms with E-state index in [4.69, 9.17) is 0 Å². The summed E-state index contributed by atoms with van der Waals surface area (Å²) in [7, 11) is 0. The number of unbranched alkanes of at least 4 members (excludes halogenated alkanes) is 23. The summed E-state index contributed by atoms with van der Waals surface area (Å²) < 4.78 is 0. The van der Waals surface area contributed by atoms with Gasteiger partial charge in [-0.15, -0.1) is 0 Å². The quantitative estimate of drug-likeness (QED) is 0.0386. The minimum atomic E-state index is -1.11. The van der Waals surface area contributed by atoms with Gasteiger partial charge in [0.1, 0.15) is 6.10 Å². The standard InChI is InChI=1S/C44H81NO4/c1-3-5-7-9-11-13-15-17-19-20-21-22-23-25-27-29-31-33-35-37-39-43(48)44(49)45-41(40-46)42(47)38-36-34-32-30-28-26-24-18-16-14-12-10-8-6-4-2/h16,18,22-23,28,30,36,38,41-43,46-48H,3-15,17,19-21,24-27,29,31-35,37,39-40H2,1-2H3,(H,45,49)/b18-16+,23-22-,30-28+,38-36+. The average molecular weight is 688 g/mol. The van der Waals surface area contributed by atoms with Gasteiger partial charge in [0, 0.05) is 0 Å². The van der Waals surface area contributed by atoms with E-state index in [0.29, 0.717) is 6.42 Å². The molecule has 286 valence electrons. The number of aliphatic hydroxyl groups is 3. The number of nitrogens with one attached hydrogen (secondary N) is 1. The van der Waals surface area contributed by atoms with Crippen molar-refractivity contribution in [3.05, 3.63) is 48.6 Å². The van der Waals surface area contributed by atoms with E-state index in [-0.39, 0.29) is 6.61 Å². The van der Waals surface area contributed by atoms with Crippen LogP contribution in [0.2, 0.25) is 0 Å². The first kappa shape index (κ1) is 47.3. The van der Waals surface area contributed by atoms with E-state index in [9.17, 15) is 20.1 Å². The number of aliphatic hydroxyl groups excluding tert-OH is 3. The fraction of sp³-hybridized carbons (Fsp3) is 0.795. The lowest BCUT2D eigenvalue weighted by atomic mass is 10.0. The lowest BCUT2D eigenvalue weighted by Crippen LogP contribution is -2.48. The van der Waals surface area contributed by atoms with Gasteiger partial charge >= 0.3 is 0 Å². The number of amides is 1. The minimum Gasteiger partial charge on any atom is -0.394 e. The molecule has 0 aromatic heterocycles. The molecular formula is C44H81NO4. The molecule has 5 heteroatoms. The van der Waals surface area contributed by atoms with E-state index in [1.807, 2.05) is 6.08 Å². The maximum atomic E-state index is 12.4. The summed E-state index contributed by atoms with van der Waals surface area (Å²) in [5.74, 6) is -0.524. The Morgan fingerprint density at radius 2 is 0.837 bits per heavy atom. The first-order valence-corrected chi connectivity index (χ1v) is 21.0. The zero-order valence-electron chi connectivity index (χ0n) is 32.3. The van der Waals surface area contributed by atoms with Crippen molar-refractivity contribution >= 4 is 5.91 Å². The normalized spacial score (nSPS) is 14.1. The molecule has 0 aliphatic heterocycles. The predicted octanol–water partition coefficient (Wildman–Crippen LogP) is 11.8. The molecular weight excluding hydrogens is 606 g/mol. The van der Waals surface area contributed by atoms with Crippen LogP contribution in [0.25, 0.3) is 0 Å². The van der Waals surface area contributed by atoms with Crippen LogP contribution in [0.5, 0.6) is 0 Å². The van der Waals surface area contributed by atoms with E-state index in [2.05, 4.69) is 55.6 Å². The molecule has 0 heterocycles. The highest BCUT2D eigenvalue weighted by Crippen LogP contribution is 2.13. The van der Waals surface area contributed by atoms with Crippen LogP contribution in [0.1, 0.15) is 200 Å². The molecule has 0 bridgehead atoms. The molecule has 3 atom stereocenters. The molecule has 5 nitrogen and oxygen atoms in total. The Morgan fingerprint density at radius 3 is 1.24 bits per heavy atom. The van der Waals surface area contributed by atoms with Crippen LogP contribution >= 0.6 is 0 Å². The molecule has 0 radical (unpaired) electrons. The maximum Gasteiger partial charge on any atom is 0.249 e. The maximum absolute atomic E-state index is 12.4. The number of hydrogen-bond donors (Lipinski definition) is 4. The summed E-state index contributed by atoms with van der Waals surface area (Å²) in [6, 6.07) is -0.823. The first-order chi connectivity index (χ1) is 24.1. The van der Waals surface area contributed by atoms with Gasteiger partial charge in [-0.25, -0.2) is 0 Å². The summed E-state index contributed by atoms with van der Waals surface area (Å²) >= 11 is 0. The van der Waals surface area contributed by atoms with E-state index >= 15 is 0 Å². The van der Waals surface area contributed by atoms with Gasteiger partial charge in [0.2, 0.25) is 5.91 Å². The van der Waals surface area contributed by atoms with Crippen LogP contribution in [0.4, 0.5) is 0 Å². The second-order valence-electron chi connectivity index (χ2n) is 14.2. The first-order valence-electron chi connectivity index (χ1n) is 21.0. The monoisotopic (exact) mass is 688 g/mol. The minimum absolute atomic E-state index is 0.384. The number of hydrogen-bond acceptors (Lipinski definition) is 4. The van der Waals surface area contributed by atoms with Gasteiger partial charge in [-0.2, -0.15) is 0 Å². The SMILES string of the molecule is CCCCCCC/C=C/CC/C=C/CC/C=C/C(O)C(CO)NC(=O)C(O)CCCCCCCC/C=C\CCCCCCCCCCCC. The van der Waals surface area contributed by atoms with Crippen molar-refractivity contribution in [3.8, 4) is 0 Å². The van der Waals surface area contributed by atoms with Gasteiger partial charge in [0.15, 0.2) is 0 Å². The lowest BCUT2D eigenvalue weighted by Gasteiger charge is -2.21. The third-order valence-corrected chi connectivity index (χ3v) is 9.37. The molecule has 0 saturated heterocycles.